The highest BCUT2D eigenvalue weighted by atomic mass is 35.5. The molecule has 2 atom stereocenters. The molecule has 1 fully saturated rings. The smallest absolute Gasteiger partial charge is 0.0642 e. The Labute approximate surface area is 115 Å². The highest BCUT2D eigenvalue weighted by Crippen LogP contribution is 2.33. The van der Waals surface area contributed by atoms with E-state index < -0.39 is 0 Å². The highest BCUT2D eigenvalue weighted by molar-refractivity contribution is 6.33. The summed E-state index contributed by atoms with van der Waals surface area (Å²) in [5.74, 6) is 0.825. The van der Waals surface area contributed by atoms with Gasteiger partial charge < -0.3 is 10.6 Å². The first-order valence-electron chi connectivity index (χ1n) is 6.87. The summed E-state index contributed by atoms with van der Waals surface area (Å²) in [6.45, 7) is 6.41. The number of halogens is 1. The predicted octanol–water partition coefficient (Wildman–Crippen LogP) is 3.47. The summed E-state index contributed by atoms with van der Waals surface area (Å²) in [6, 6.07) is 6.94. The van der Waals surface area contributed by atoms with Gasteiger partial charge in [0.05, 0.1) is 10.7 Å². The molecule has 2 N–H and O–H groups in total. The number of rotatable bonds is 3. The van der Waals surface area contributed by atoms with Crippen LogP contribution in [0.2, 0.25) is 5.02 Å². The second-order valence-electron chi connectivity index (χ2n) is 5.50. The van der Waals surface area contributed by atoms with E-state index in [4.69, 9.17) is 17.3 Å². The molecule has 2 unspecified atom stereocenters. The molecule has 1 aromatic carbocycles. The van der Waals surface area contributed by atoms with Crippen molar-refractivity contribution in [2.45, 2.75) is 39.2 Å². The minimum atomic E-state index is 0.576. The molecule has 1 aliphatic heterocycles. The van der Waals surface area contributed by atoms with E-state index in [1.54, 1.807) is 0 Å². The van der Waals surface area contributed by atoms with Gasteiger partial charge in [-0.25, -0.2) is 0 Å². The zero-order chi connectivity index (χ0) is 13.1. The van der Waals surface area contributed by atoms with Crippen molar-refractivity contribution in [3.8, 4) is 0 Å². The predicted molar refractivity (Wildman–Crippen MR) is 79.4 cm³/mol. The van der Waals surface area contributed by atoms with E-state index >= 15 is 0 Å². The Morgan fingerprint density at radius 3 is 2.78 bits per heavy atom. The molecule has 3 heteroatoms. The second-order valence-corrected chi connectivity index (χ2v) is 5.90. The van der Waals surface area contributed by atoms with Crippen LogP contribution in [-0.4, -0.2) is 19.1 Å². The van der Waals surface area contributed by atoms with Gasteiger partial charge >= 0.3 is 0 Å². The van der Waals surface area contributed by atoms with Crippen molar-refractivity contribution in [1.29, 1.82) is 0 Å². The summed E-state index contributed by atoms with van der Waals surface area (Å²) in [5, 5.41) is 0.863. The fourth-order valence-electron chi connectivity index (χ4n) is 2.87. The summed E-state index contributed by atoms with van der Waals surface area (Å²) in [5.41, 5.74) is 7.98. The van der Waals surface area contributed by atoms with E-state index in [-0.39, 0.29) is 0 Å². The monoisotopic (exact) mass is 266 g/mol. The molecule has 0 aliphatic carbocycles. The van der Waals surface area contributed by atoms with Crippen LogP contribution in [0.3, 0.4) is 0 Å². The molecule has 2 rings (SSSR count). The van der Waals surface area contributed by atoms with Gasteiger partial charge in [0.15, 0.2) is 0 Å². The topological polar surface area (TPSA) is 29.3 Å². The van der Waals surface area contributed by atoms with Crippen molar-refractivity contribution >= 4 is 17.3 Å². The van der Waals surface area contributed by atoms with Gasteiger partial charge in [-0.3, -0.25) is 0 Å². The summed E-state index contributed by atoms with van der Waals surface area (Å²) in [7, 11) is 0. The maximum atomic E-state index is 6.42. The fourth-order valence-corrected chi connectivity index (χ4v) is 3.18. The third kappa shape index (κ3) is 2.99. The Morgan fingerprint density at radius 2 is 2.17 bits per heavy atom. The number of nitrogens with zero attached hydrogens (tertiary/aromatic N) is 1. The van der Waals surface area contributed by atoms with Gasteiger partial charge in [-0.1, -0.05) is 24.6 Å². The molecule has 0 saturated carbocycles. The van der Waals surface area contributed by atoms with Crippen LogP contribution < -0.4 is 10.6 Å². The Balaban J connectivity index is 2.17. The number of nitrogens with two attached hydrogens (primary N) is 1. The maximum Gasteiger partial charge on any atom is 0.0642 e. The average Bonchev–Trinajstić information content (AvgIpc) is 2.31. The zero-order valence-electron chi connectivity index (χ0n) is 11.3. The molecule has 1 aliphatic rings. The van der Waals surface area contributed by atoms with Crippen molar-refractivity contribution in [2.24, 2.45) is 11.7 Å². The van der Waals surface area contributed by atoms with Gasteiger partial charge in [-0.15, -0.1) is 0 Å². The van der Waals surface area contributed by atoms with Gasteiger partial charge in [0.25, 0.3) is 0 Å². The van der Waals surface area contributed by atoms with E-state index in [9.17, 15) is 0 Å². The summed E-state index contributed by atoms with van der Waals surface area (Å²) >= 11 is 6.42. The lowest BCUT2D eigenvalue weighted by Gasteiger charge is -2.38. The number of hydrogen-bond donors (Lipinski definition) is 1. The van der Waals surface area contributed by atoms with Crippen LogP contribution in [0.1, 0.15) is 32.3 Å². The lowest BCUT2D eigenvalue weighted by atomic mass is 9.93. The molecular weight excluding hydrogens is 244 g/mol. The molecule has 2 nitrogen and oxygen atoms in total. The van der Waals surface area contributed by atoms with Crippen LogP contribution in [0.4, 0.5) is 5.69 Å². The van der Waals surface area contributed by atoms with Crippen molar-refractivity contribution in [1.82, 2.24) is 0 Å². The SMILES string of the molecule is CC1CCN(c2ccc(CCN)cc2Cl)C(C)C1. The molecule has 0 bridgehead atoms. The normalized spacial score (nSPS) is 24.3. The summed E-state index contributed by atoms with van der Waals surface area (Å²) in [4.78, 5) is 2.44. The fraction of sp³-hybridized carbons (Fsp3) is 0.600. The minimum Gasteiger partial charge on any atom is -0.368 e. The number of piperidine rings is 1. The first-order valence-corrected chi connectivity index (χ1v) is 7.24. The average molecular weight is 267 g/mol. The Hall–Kier alpha value is -0.730. The van der Waals surface area contributed by atoms with Crippen molar-refractivity contribution < 1.29 is 0 Å². The van der Waals surface area contributed by atoms with Gasteiger partial charge in [-0.05, 0) is 56.3 Å². The van der Waals surface area contributed by atoms with Crippen LogP contribution in [0.5, 0.6) is 0 Å². The number of hydrogen-bond acceptors (Lipinski definition) is 2. The van der Waals surface area contributed by atoms with E-state index in [1.165, 1.54) is 24.1 Å². The minimum absolute atomic E-state index is 0.576. The lowest BCUT2D eigenvalue weighted by molar-refractivity contribution is 0.378. The molecule has 1 aromatic rings. The van der Waals surface area contributed by atoms with Crippen molar-refractivity contribution in [2.75, 3.05) is 18.0 Å². The van der Waals surface area contributed by atoms with Gasteiger partial charge in [0.2, 0.25) is 0 Å². The molecular formula is C15H23ClN2. The highest BCUT2D eigenvalue weighted by Gasteiger charge is 2.24. The van der Waals surface area contributed by atoms with Gasteiger partial charge in [0.1, 0.15) is 0 Å². The van der Waals surface area contributed by atoms with Crippen molar-refractivity contribution in [3.63, 3.8) is 0 Å². The summed E-state index contributed by atoms with van der Waals surface area (Å²) in [6.07, 6.45) is 3.40. The molecule has 0 radical (unpaired) electrons. The summed E-state index contributed by atoms with van der Waals surface area (Å²) < 4.78 is 0. The van der Waals surface area contributed by atoms with Crippen LogP contribution in [-0.2, 0) is 6.42 Å². The van der Waals surface area contributed by atoms with Crippen LogP contribution in [0.25, 0.3) is 0 Å². The Kier molecular flexibility index (Phi) is 4.52. The first kappa shape index (κ1) is 13.7. The molecule has 100 valence electrons. The van der Waals surface area contributed by atoms with Gasteiger partial charge in [0, 0.05) is 12.6 Å². The molecule has 0 amide bonds. The van der Waals surface area contributed by atoms with E-state index in [2.05, 4.69) is 36.9 Å². The quantitative estimate of drug-likeness (QED) is 0.908. The standard InChI is InChI=1S/C15H23ClN2/c1-11-6-8-18(12(2)9-11)15-4-3-13(5-7-17)10-14(15)16/h3-4,10-12H,5-9,17H2,1-2H3. The van der Waals surface area contributed by atoms with Crippen LogP contribution in [0.15, 0.2) is 18.2 Å². The second kappa shape index (κ2) is 5.94. The number of benzene rings is 1. The van der Waals surface area contributed by atoms with E-state index in [0.717, 1.165) is 23.9 Å². The Morgan fingerprint density at radius 1 is 1.39 bits per heavy atom. The zero-order valence-corrected chi connectivity index (χ0v) is 12.1. The Bertz CT molecular complexity index is 405. The molecule has 1 heterocycles. The van der Waals surface area contributed by atoms with Crippen LogP contribution >= 0.6 is 11.6 Å². The molecule has 1 saturated heterocycles. The third-order valence-electron chi connectivity index (χ3n) is 3.89. The maximum absolute atomic E-state index is 6.42. The lowest BCUT2D eigenvalue weighted by Crippen LogP contribution is -2.40. The number of anilines is 1. The van der Waals surface area contributed by atoms with Crippen LogP contribution in [0, 0.1) is 5.92 Å². The first-order chi connectivity index (χ1) is 8.61. The molecule has 0 spiro atoms. The molecule has 0 aromatic heterocycles. The van der Waals surface area contributed by atoms with Gasteiger partial charge in [-0.2, -0.15) is 0 Å². The van der Waals surface area contributed by atoms with Crippen molar-refractivity contribution in [3.05, 3.63) is 28.8 Å². The third-order valence-corrected chi connectivity index (χ3v) is 4.20. The van der Waals surface area contributed by atoms with E-state index in [1.807, 2.05) is 0 Å². The van der Waals surface area contributed by atoms with E-state index in [0.29, 0.717) is 12.6 Å². The molecule has 18 heavy (non-hydrogen) atoms. The largest absolute Gasteiger partial charge is 0.368 e.